The van der Waals surface area contributed by atoms with E-state index in [9.17, 15) is 27.2 Å². The van der Waals surface area contributed by atoms with E-state index in [1.54, 1.807) is 11.6 Å². The topological polar surface area (TPSA) is 105 Å². The molecule has 1 saturated heterocycles. The molecule has 3 aromatic rings. The Morgan fingerprint density at radius 1 is 1.08 bits per heavy atom. The highest BCUT2D eigenvalue weighted by Gasteiger charge is 2.37. The average Bonchev–Trinajstić information content (AvgIpc) is 3.40. The van der Waals surface area contributed by atoms with Crippen molar-refractivity contribution in [3.05, 3.63) is 59.7 Å². The molecule has 2 aliphatic rings. The normalized spacial score (nSPS) is 19.4. The van der Waals surface area contributed by atoms with Gasteiger partial charge in [-0.1, -0.05) is 0 Å². The summed E-state index contributed by atoms with van der Waals surface area (Å²) in [6.07, 6.45) is 2.89. The minimum atomic E-state index is -1.63. The van der Waals surface area contributed by atoms with Gasteiger partial charge in [-0.05, 0) is 6.92 Å². The third-order valence-corrected chi connectivity index (χ3v) is 5.96. The Hall–Kier alpha value is -4.23. The van der Waals surface area contributed by atoms with Crippen molar-refractivity contribution in [1.82, 2.24) is 24.6 Å². The number of nitrogens with one attached hydrogen (secondary N) is 1. The second kappa shape index (κ2) is 9.09. The summed E-state index contributed by atoms with van der Waals surface area (Å²) in [4.78, 5) is 36.0. The molecule has 0 saturated carbocycles. The number of hydrogen-bond donors (Lipinski definition) is 1. The molecule has 2 aromatic heterocycles. The van der Waals surface area contributed by atoms with E-state index in [1.165, 1.54) is 16.0 Å². The maximum atomic E-state index is 13.6. The second-order valence-corrected chi connectivity index (χ2v) is 8.45. The number of urea groups is 1. The SMILES string of the molecule is C[C@H]1Cn2ncc(N3C[C@@H](Oc4ncc(F)cn4)CC3=O)c2CN1C(=O)Nc1cc(F)c(F)c(F)c1. The molecule has 5 rings (SSSR count). The van der Waals surface area contributed by atoms with Crippen molar-refractivity contribution in [2.24, 2.45) is 0 Å². The molecule has 3 amide bonds. The number of fused-ring (bicyclic) bond motifs is 1. The number of ether oxygens (including phenoxy) is 1. The Morgan fingerprint density at radius 2 is 1.78 bits per heavy atom. The summed E-state index contributed by atoms with van der Waals surface area (Å²) in [5.74, 6) is -5.34. The van der Waals surface area contributed by atoms with Crippen molar-refractivity contribution in [2.75, 3.05) is 16.8 Å². The van der Waals surface area contributed by atoms with E-state index >= 15 is 0 Å². The van der Waals surface area contributed by atoms with Gasteiger partial charge in [0.2, 0.25) is 5.91 Å². The zero-order chi connectivity index (χ0) is 25.6. The Labute approximate surface area is 201 Å². The van der Waals surface area contributed by atoms with Crippen molar-refractivity contribution in [3.8, 4) is 6.01 Å². The first-order chi connectivity index (χ1) is 17.2. The maximum Gasteiger partial charge on any atom is 0.322 e. The van der Waals surface area contributed by atoms with Crippen LogP contribution in [0.4, 0.5) is 33.7 Å². The molecular formula is C22H19F4N7O3. The first kappa shape index (κ1) is 23.5. The van der Waals surface area contributed by atoms with Crippen molar-refractivity contribution in [1.29, 1.82) is 0 Å². The van der Waals surface area contributed by atoms with Gasteiger partial charge in [-0.2, -0.15) is 5.10 Å². The van der Waals surface area contributed by atoms with E-state index in [-0.39, 0.29) is 43.2 Å². The van der Waals surface area contributed by atoms with E-state index in [2.05, 4.69) is 20.4 Å². The zero-order valence-corrected chi connectivity index (χ0v) is 18.8. The molecule has 1 N–H and O–H groups in total. The predicted molar refractivity (Wildman–Crippen MR) is 116 cm³/mol. The molecule has 4 heterocycles. The molecule has 0 bridgehead atoms. The summed E-state index contributed by atoms with van der Waals surface area (Å²) in [5.41, 5.74) is 0.821. The van der Waals surface area contributed by atoms with Crippen LogP contribution in [-0.4, -0.2) is 55.3 Å². The molecule has 0 radical (unpaired) electrons. The molecule has 1 aromatic carbocycles. The van der Waals surface area contributed by atoms with Crippen LogP contribution < -0.4 is 15.0 Å². The van der Waals surface area contributed by atoms with Gasteiger partial charge < -0.3 is 19.9 Å². The fourth-order valence-electron chi connectivity index (χ4n) is 4.20. The molecule has 0 spiro atoms. The number of carbonyl (C=O) groups excluding carboxylic acids is 2. The molecule has 0 aliphatic carbocycles. The Bertz CT molecular complexity index is 1310. The quantitative estimate of drug-likeness (QED) is 0.432. The van der Waals surface area contributed by atoms with Crippen molar-refractivity contribution in [3.63, 3.8) is 0 Å². The Kier molecular flexibility index (Phi) is 5.94. The second-order valence-electron chi connectivity index (χ2n) is 8.45. The molecule has 1 fully saturated rings. The van der Waals surface area contributed by atoms with Crippen LogP contribution in [0.5, 0.6) is 6.01 Å². The minimum absolute atomic E-state index is 0.0354. The van der Waals surface area contributed by atoms with Crippen LogP contribution in [0.1, 0.15) is 19.0 Å². The van der Waals surface area contributed by atoms with Crippen molar-refractivity contribution < 1.29 is 31.9 Å². The first-order valence-corrected chi connectivity index (χ1v) is 10.9. The van der Waals surface area contributed by atoms with E-state index < -0.39 is 35.4 Å². The van der Waals surface area contributed by atoms with Crippen LogP contribution in [0.15, 0.2) is 30.7 Å². The lowest BCUT2D eigenvalue weighted by atomic mass is 10.2. The number of hydrogen-bond acceptors (Lipinski definition) is 6. The molecular weight excluding hydrogens is 486 g/mol. The highest BCUT2D eigenvalue weighted by Crippen LogP contribution is 2.31. The van der Waals surface area contributed by atoms with Gasteiger partial charge in [0, 0.05) is 17.8 Å². The van der Waals surface area contributed by atoms with Crippen LogP contribution in [0.25, 0.3) is 0 Å². The summed E-state index contributed by atoms with van der Waals surface area (Å²) < 4.78 is 60.6. The van der Waals surface area contributed by atoms with Gasteiger partial charge in [0.15, 0.2) is 23.3 Å². The minimum Gasteiger partial charge on any atom is -0.458 e. The number of amides is 3. The van der Waals surface area contributed by atoms with Gasteiger partial charge in [-0.3, -0.25) is 9.48 Å². The van der Waals surface area contributed by atoms with E-state index in [1.807, 2.05) is 0 Å². The predicted octanol–water partition coefficient (Wildman–Crippen LogP) is 2.85. The van der Waals surface area contributed by atoms with Gasteiger partial charge >= 0.3 is 12.0 Å². The van der Waals surface area contributed by atoms with E-state index in [4.69, 9.17) is 4.74 Å². The lowest BCUT2D eigenvalue weighted by molar-refractivity contribution is -0.117. The van der Waals surface area contributed by atoms with Crippen molar-refractivity contribution >= 4 is 23.3 Å². The molecule has 2 aliphatic heterocycles. The van der Waals surface area contributed by atoms with Crippen molar-refractivity contribution in [2.45, 2.75) is 38.6 Å². The number of halogens is 4. The highest BCUT2D eigenvalue weighted by atomic mass is 19.2. The monoisotopic (exact) mass is 505 g/mol. The Balaban J connectivity index is 1.31. The summed E-state index contributed by atoms with van der Waals surface area (Å²) >= 11 is 0. The molecule has 0 unspecified atom stereocenters. The smallest absolute Gasteiger partial charge is 0.322 e. The van der Waals surface area contributed by atoms with Gasteiger partial charge in [0.25, 0.3) is 0 Å². The fourth-order valence-corrected chi connectivity index (χ4v) is 4.20. The summed E-state index contributed by atoms with van der Waals surface area (Å²) in [6.45, 7) is 2.28. The average molecular weight is 505 g/mol. The lowest BCUT2D eigenvalue weighted by Crippen LogP contribution is -2.47. The van der Waals surface area contributed by atoms with Crippen LogP contribution in [0, 0.1) is 23.3 Å². The van der Waals surface area contributed by atoms with E-state index in [0.717, 1.165) is 12.4 Å². The van der Waals surface area contributed by atoms with Crippen LogP contribution >= 0.6 is 0 Å². The summed E-state index contributed by atoms with van der Waals surface area (Å²) in [7, 11) is 0. The summed E-state index contributed by atoms with van der Waals surface area (Å²) in [6, 6.07) is 0.316. The number of benzene rings is 1. The van der Waals surface area contributed by atoms with Gasteiger partial charge in [-0.15, -0.1) is 0 Å². The Morgan fingerprint density at radius 3 is 2.47 bits per heavy atom. The maximum absolute atomic E-state index is 13.6. The molecule has 36 heavy (non-hydrogen) atoms. The largest absolute Gasteiger partial charge is 0.458 e. The summed E-state index contributed by atoms with van der Waals surface area (Å²) in [5, 5.41) is 6.71. The third kappa shape index (κ3) is 4.41. The van der Waals surface area contributed by atoms with Gasteiger partial charge in [-0.25, -0.2) is 32.3 Å². The first-order valence-electron chi connectivity index (χ1n) is 10.9. The molecule has 10 nitrogen and oxygen atoms in total. The molecule has 188 valence electrons. The number of aromatic nitrogens is 4. The molecule has 2 atom stereocenters. The van der Waals surface area contributed by atoms with Gasteiger partial charge in [0.05, 0.1) is 62.1 Å². The standard InChI is InChI=1S/C22H19F4N7O3/c1-11-8-33-18(10-31(11)22(35)30-13-2-15(24)20(26)16(25)3-13)17(7-29-33)32-9-14(4-19(32)34)36-21-27-5-12(23)6-28-21/h2-3,5-7,11,14H,4,8-10H2,1H3,(H,30,35)/t11-,14-/m0/s1. The number of nitrogens with zero attached hydrogens (tertiary/aromatic N) is 6. The van der Waals surface area contributed by atoms with Crippen LogP contribution in [0.3, 0.4) is 0 Å². The van der Waals surface area contributed by atoms with Gasteiger partial charge in [0.1, 0.15) is 6.10 Å². The van der Waals surface area contributed by atoms with E-state index in [0.29, 0.717) is 30.1 Å². The number of rotatable bonds is 4. The fraction of sp³-hybridized carbons (Fsp3) is 0.318. The zero-order valence-electron chi connectivity index (χ0n) is 18.8. The highest BCUT2D eigenvalue weighted by molar-refractivity contribution is 5.97. The third-order valence-electron chi connectivity index (χ3n) is 5.96. The molecule has 14 heteroatoms. The van der Waals surface area contributed by atoms with Crippen LogP contribution in [0.2, 0.25) is 0 Å². The van der Waals surface area contributed by atoms with Crippen LogP contribution in [-0.2, 0) is 17.9 Å². The lowest BCUT2D eigenvalue weighted by Gasteiger charge is -2.35. The number of carbonyl (C=O) groups is 2. The number of anilines is 2.